The number of aliphatic hydroxyl groups is 2. The fraction of sp³-hybridized carbons (Fsp3) is 0.143. The summed E-state index contributed by atoms with van der Waals surface area (Å²) in [6.07, 6.45) is -3.06. The van der Waals surface area contributed by atoms with E-state index in [2.05, 4.69) is 9.44 Å². The summed E-state index contributed by atoms with van der Waals surface area (Å²) < 4.78 is 81.3. The normalized spacial score (nSPS) is 13.6. The van der Waals surface area contributed by atoms with E-state index in [-0.39, 0.29) is 32.3 Å². The minimum atomic E-state index is -4.07. The number of anilines is 4. The molecule has 0 bridgehead atoms. The van der Waals surface area contributed by atoms with E-state index in [9.17, 15) is 35.5 Å². The van der Waals surface area contributed by atoms with Crippen molar-refractivity contribution in [2.24, 2.45) is 0 Å². The van der Waals surface area contributed by atoms with E-state index in [0.717, 1.165) is 0 Å². The van der Waals surface area contributed by atoms with Crippen molar-refractivity contribution in [3.8, 4) is 0 Å². The second kappa shape index (κ2) is 12.6. The van der Waals surface area contributed by atoms with Crippen molar-refractivity contribution in [2.75, 3.05) is 32.4 Å². The molecule has 0 amide bonds. The summed E-state index contributed by atoms with van der Waals surface area (Å²) in [6.45, 7) is 0. The van der Waals surface area contributed by atoms with Gasteiger partial charge in [-0.2, -0.15) is 0 Å². The standard InChI is InChI=1S/C28H30N4O8S3/c29-21-7-11-25(12-8-21)42(37,38)31-23-5-1-3-19(15-23)27(33)17-41(35,36)18-28(34)20-4-2-6-24(16-20)32-43(39,40)26-13-9-22(30)10-14-26/h1-16,27-28,31-34H,17-18,29-30H2. The molecule has 4 rings (SSSR count). The second-order valence-electron chi connectivity index (χ2n) is 9.71. The number of hydrogen-bond acceptors (Lipinski definition) is 10. The van der Waals surface area contributed by atoms with Crippen LogP contribution in [-0.4, -0.2) is 47.0 Å². The van der Waals surface area contributed by atoms with Crippen molar-refractivity contribution in [1.29, 1.82) is 0 Å². The molecule has 0 radical (unpaired) electrons. The van der Waals surface area contributed by atoms with Crippen LogP contribution in [0.2, 0.25) is 0 Å². The summed E-state index contributed by atoms with van der Waals surface area (Å²) in [6, 6.07) is 22.4. The smallest absolute Gasteiger partial charge is 0.261 e. The monoisotopic (exact) mass is 646 g/mol. The number of rotatable bonds is 12. The van der Waals surface area contributed by atoms with Crippen LogP contribution in [0, 0.1) is 0 Å². The van der Waals surface area contributed by atoms with Gasteiger partial charge in [0.1, 0.15) is 0 Å². The van der Waals surface area contributed by atoms with Crippen LogP contribution < -0.4 is 20.9 Å². The highest BCUT2D eigenvalue weighted by atomic mass is 32.2. The number of sulfonamides is 2. The fourth-order valence-corrected chi connectivity index (χ4v) is 7.66. The van der Waals surface area contributed by atoms with E-state index in [1.807, 2.05) is 0 Å². The van der Waals surface area contributed by atoms with Gasteiger partial charge in [0.2, 0.25) is 0 Å². The van der Waals surface area contributed by atoms with Crippen LogP contribution in [-0.2, 0) is 29.9 Å². The minimum absolute atomic E-state index is 0.0358. The average Bonchev–Trinajstić information content (AvgIpc) is 2.93. The molecule has 4 aromatic rings. The number of nitrogen functional groups attached to an aromatic ring is 2. The Bertz CT molecular complexity index is 1780. The van der Waals surface area contributed by atoms with Gasteiger partial charge in [-0.1, -0.05) is 24.3 Å². The summed E-state index contributed by atoms with van der Waals surface area (Å²) in [7, 11) is -12.0. The number of aliphatic hydroxyl groups excluding tert-OH is 2. The van der Waals surface area contributed by atoms with E-state index in [4.69, 9.17) is 11.5 Å². The molecular formula is C28H30N4O8S3. The van der Waals surface area contributed by atoms with Crippen molar-refractivity contribution in [3.63, 3.8) is 0 Å². The quantitative estimate of drug-likeness (QED) is 0.124. The zero-order valence-corrected chi connectivity index (χ0v) is 25.0. The van der Waals surface area contributed by atoms with Crippen LogP contribution in [0.25, 0.3) is 0 Å². The highest BCUT2D eigenvalue weighted by Crippen LogP contribution is 2.26. The fourth-order valence-electron chi connectivity index (χ4n) is 4.08. The maximum absolute atomic E-state index is 12.9. The van der Waals surface area contributed by atoms with Crippen LogP contribution in [0.4, 0.5) is 22.7 Å². The van der Waals surface area contributed by atoms with Crippen molar-refractivity contribution >= 4 is 52.6 Å². The molecule has 228 valence electrons. The van der Waals surface area contributed by atoms with Gasteiger partial charge in [0, 0.05) is 22.7 Å². The number of hydrogen-bond donors (Lipinski definition) is 6. The molecule has 0 saturated carbocycles. The van der Waals surface area contributed by atoms with Crippen molar-refractivity contribution in [3.05, 3.63) is 108 Å². The summed E-state index contributed by atoms with van der Waals surface area (Å²) in [5.74, 6) is -1.52. The number of benzene rings is 4. The topological polar surface area (TPSA) is 219 Å². The molecule has 0 heterocycles. The molecular weight excluding hydrogens is 617 g/mol. The van der Waals surface area contributed by atoms with E-state index < -0.39 is 53.6 Å². The van der Waals surface area contributed by atoms with Crippen molar-refractivity contribution in [2.45, 2.75) is 22.0 Å². The van der Waals surface area contributed by atoms with Gasteiger partial charge >= 0.3 is 0 Å². The third kappa shape index (κ3) is 8.46. The van der Waals surface area contributed by atoms with Gasteiger partial charge in [-0.3, -0.25) is 9.44 Å². The number of nitrogens with one attached hydrogen (secondary N) is 2. The lowest BCUT2D eigenvalue weighted by Crippen LogP contribution is -2.22. The molecule has 0 aromatic heterocycles. The summed E-state index contributed by atoms with van der Waals surface area (Å²) >= 11 is 0. The Morgan fingerprint density at radius 3 is 1.26 bits per heavy atom. The van der Waals surface area contributed by atoms with Gasteiger partial charge in [-0.15, -0.1) is 0 Å². The summed E-state index contributed by atoms with van der Waals surface area (Å²) in [4.78, 5) is -0.0716. The maximum Gasteiger partial charge on any atom is 0.261 e. The van der Waals surface area contributed by atoms with Crippen LogP contribution in [0.3, 0.4) is 0 Å². The highest BCUT2D eigenvalue weighted by Gasteiger charge is 2.25. The SMILES string of the molecule is Nc1ccc(S(=O)(=O)Nc2cccc(C(O)CS(=O)(=O)CC(O)c3cccc(NS(=O)(=O)c4ccc(N)cc4)c3)c2)cc1. The van der Waals surface area contributed by atoms with Crippen LogP contribution in [0.5, 0.6) is 0 Å². The van der Waals surface area contributed by atoms with Gasteiger partial charge in [-0.05, 0) is 83.9 Å². The van der Waals surface area contributed by atoms with Crippen molar-refractivity contribution < 1.29 is 35.5 Å². The third-order valence-corrected chi connectivity index (χ3v) is 10.7. The molecule has 12 nitrogen and oxygen atoms in total. The molecule has 0 saturated heterocycles. The maximum atomic E-state index is 12.9. The predicted octanol–water partition coefficient (Wildman–Crippen LogP) is 2.63. The molecule has 0 spiro atoms. The lowest BCUT2D eigenvalue weighted by molar-refractivity contribution is 0.194. The molecule has 0 aliphatic heterocycles. The van der Waals surface area contributed by atoms with Crippen LogP contribution >= 0.6 is 0 Å². The first-order valence-electron chi connectivity index (χ1n) is 12.7. The average molecular weight is 647 g/mol. The third-order valence-electron chi connectivity index (χ3n) is 6.25. The Hall–Kier alpha value is -4.15. The zero-order valence-electron chi connectivity index (χ0n) is 22.5. The Morgan fingerprint density at radius 1 is 0.558 bits per heavy atom. The Morgan fingerprint density at radius 2 is 0.907 bits per heavy atom. The predicted molar refractivity (Wildman–Crippen MR) is 165 cm³/mol. The molecule has 0 aliphatic carbocycles. The van der Waals surface area contributed by atoms with Crippen LogP contribution in [0.1, 0.15) is 23.3 Å². The van der Waals surface area contributed by atoms with Gasteiger partial charge in [0.25, 0.3) is 20.0 Å². The lowest BCUT2D eigenvalue weighted by Gasteiger charge is -2.17. The first-order chi connectivity index (χ1) is 20.1. The minimum Gasteiger partial charge on any atom is -0.399 e. The van der Waals surface area contributed by atoms with Gasteiger partial charge in [0.15, 0.2) is 9.84 Å². The second-order valence-corrected chi connectivity index (χ2v) is 15.2. The Kier molecular flexibility index (Phi) is 9.32. The lowest BCUT2D eigenvalue weighted by atomic mass is 10.1. The van der Waals surface area contributed by atoms with Gasteiger partial charge in [0.05, 0.1) is 33.5 Å². The van der Waals surface area contributed by atoms with Gasteiger partial charge in [-0.25, -0.2) is 25.3 Å². The molecule has 2 atom stereocenters. The molecule has 43 heavy (non-hydrogen) atoms. The first-order valence-corrected chi connectivity index (χ1v) is 17.5. The summed E-state index contributed by atoms with van der Waals surface area (Å²) in [5.41, 5.74) is 12.5. The van der Waals surface area contributed by atoms with E-state index in [1.165, 1.54) is 97.1 Å². The molecule has 2 unspecified atom stereocenters. The first kappa shape index (κ1) is 31.8. The highest BCUT2D eigenvalue weighted by molar-refractivity contribution is 7.93. The Balaban J connectivity index is 1.42. The molecule has 0 aliphatic rings. The number of nitrogens with two attached hydrogens (primary N) is 2. The molecule has 0 fully saturated rings. The number of sulfone groups is 1. The zero-order chi connectivity index (χ0) is 31.4. The largest absolute Gasteiger partial charge is 0.399 e. The molecule has 4 aromatic carbocycles. The van der Waals surface area contributed by atoms with Crippen molar-refractivity contribution in [1.82, 2.24) is 0 Å². The van der Waals surface area contributed by atoms with Crippen LogP contribution in [0.15, 0.2) is 107 Å². The summed E-state index contributed by atoms with van der Waals surface area (Å²) in [5, 5.41) is 21.3. The molecule has 15 heteroatoms. The van der Waals surface area contributed by atoms with E-state index in [1.54, 1.807) is 0 Å². The van der Waals surface area contributed by atoms with E-state index in [0.29, 0.717) is 11.4 Å². The van der Waals surface area contributed by atoms with E-state index >= 15 is 0 Å². The van der Waals surface area contributed by atoms with Gasteiger partial charge < -0.3 is 21.7 Å². The molecule has 8 N–H and O–H groups in total. The Labute approximate surface area is 250 Å².